The number of benzene rings is 1. The summed E-state index contributed by atoms with van der Waals surface area (Å²) in [5.74, 6) is 1.48. The van der Waals surface area contributed by atoms with Gasteiger partial charge in [-0.3, -0.25) is 0 Å². The van der Waals surface area contributed by atoms with Crippen molar-refractivity contribution in [2.45, 2.75) is 12.5 Å². The van der Waals surface area contributed by atoms with Gasteiger partial charge in [0.15, 0.2) is 11.5 Å². The molecule has 1 aliphatic rings. The highest BCUT2D eigenvalue weighted by atomic mass is 16.5. The normalized spacial score (nSPS) is 17.9. The van der Waals surface area contributed by atoms with Gasteiger partial charge in [-0.25, -0.2) is 4.98 Å². The van der Waals surface area contributed by atoms with Gasteiger partial charge < -0.3 is 19.8 Å². The number of H-pyrrole nitrogens is 1. The van der Waals surface area contributed by atoms with Crippen molar-refractivity contribution in [1.29, 1.82) is 0 Å². The van der Waals surface area contributed by atoms with Gasteiger partial charge in [-0.2, -0.15) is 0 Å². The highest BCUT2D eigenvalue weighted by Gasteiger charge is 2.24. The second kappa shape index (κ2) is 4.93. The fourth-order valence-electron chi connectivity index (χ4n) is 2.53. The quantitative estimate of drug-likeness (QED) is 0.880. The van der Waals surface area contributed by atoms with E-state index in [1.807, 2.05) is 18.2 Å². The Morgan fingerprint density at radius 3 is 2.84 bits per heavy atom. The minimum Gasteiger partial charge on any atom is -0.493 e. The molecule has 5 nitrogen and oxygen atoms in total. The zero-order valence-corrected chi connectivity index (χ0v) is 11.1. The molecule has 0 amide bonds. The molecule has 2 heterocycles. The van der Waals surface area contributed by atoms with E-state index >= 15 is 0 Å². The summed E-state index contributed by atoms with van der Waals surface area (Å²) in [6.07, 6.45) is 2.74. The average molecular weight is 259 g/mol. The summed E-state index contributed by atoms with van der Waals surface area (Å²) >= 11 is 0. The van der Waals surface area contributed by atoms with Crippen LogP contribution in [0.1, 0.15) is 23.0 Å². The molecule has 100 valence electrons. The first-order valence-corrected chi connectivity index (χ1v) is 6.31. The number of hydrogen-bond acceptors (Lipinski definition) is 4. The molecule has 0 radical (unpaired) electrons. The first kappa shape index (κ1) is 12.0. The summed E-state index contributed by atoms with van der Waals surface area (Å²) in [5, 5.41) is 3.49. The van der Waals surface area contributed by atoms with Crippen LogP contribution in [-0.4, -0.2) is 30.7 Å². The molecule has 2 aromatic rings. The van der Waals surface area contributed by atoms with Crippen LogP contribution < -0.4 is 14.8 Å². The maximum atomic E-state index is 5.36. The summed E-state index contributed by atoms with van der Waals surface area (Å²) in [6.45, 7) is 0.939. The summed E-state index contributed by atoms with van der Waals surface area (Å²) in [6, 6.07) is 6.08. The number of nitrogens with zero attached hydrogens (tertiary/aromatic N) is 1. The van der Waals surface area contributed by atoms with E-state index in [-0.39, 0.29) is 6.04 Å². The van der Waals surface area contributed by atoms with Crippen LogP contribution in [0.3, 0.4) is 0 Å². The zero-order valence-electron chi connectivity index (χ0n) is 11.1. The third-order valence-corrected chi connectivity index (χ3v) is 3.49. The lowest BCUT2D eigenvalue weighted by atomic mass is 9.97. The van der Waals surface area contributed by atoms with E-state index in [1.54, 1.807) is 20.5 Å². The van der Waals surface area contributed by atoms with Gasteiger partial charge in [0.25, 0.3) is 0 Å². The molecule has 1 aromatic carbocycles. The predicted molar refractivity (Wildman–Crippen MR) is 71.7 cm³/mol. The van der Waals surface area contributed by atoms with Crippen molar-refractivity contribution in [3.05, 3.63) is 41.5 Å². The molecule has 1 aromatic heterocycles. The van der Waals surface area contributed by atoms with Gasteiger partial charge in [-0.1, -0.05) is 6.07 Å². The largest absolute Gasteiger partial charge is 0.493 e. The number of hydrogen-bond donors (Lipinski definition) is 2. The first-order valence-electron chi connectivity index (χ1n) is 6.31. The Morgan fingerprint density at radius 2 is 2.05 bits per heavy atom. The van der Waals surface area contributed by atoms with E-state index in [2.05, 4.69) is 15.3 Å². The first-order chi connectivity index (χ1) is 9.33. The Morgan fingerprint density at radius 1 is 1.21 bits per heavy atom. The lowest BCUT2D eigenvalue weighted by Crippen LogP contribution is -2.30. The molecule has 0 saturated carbocycles. The Kier molecular flexibility index (Phi) is 3.13. The standard InChI is InChI=1S/C14H17N3O2/c1-18-11-4-3-9(7-12(11)19-2)13-14-10(5-6-15-13)16-8-17-14/h3-4,7-8,13,15H,5-6H2,1-2H3,(H,16,17). The Labute approximate surface area is 112 Å². The van der Waals surface area contributed by atoms with Gasteiger partial charge >= 0.3 is 0 Å². The van der Waals surface area contributed by atoms with Crippen molar-refractivity contribution in [2.75, 3.05) is 20.8 Å². The summed E-state index contributed by atoms with van der Waals surface area (Å²) in [4.78, 5) is 7.62. The van der Waals surface area contributed by atoms with Crippen LogP contribution in [0.25, 0.3) is 0 Å². The van der Waals surface area contributed by atoms with Gasteiger partial charge in [-0.05, 0) is 17.7 Å². The number of ether oxygens (including phenoxy) is 2. The molecule has 0 aliphatic carbocycles. The smallest absolute Gasteiger partial charge is 0.161 e. The Hall–Kier alpha value is -2.01. The van der Waals surface area contributed by atoms with E-state index in [1.165, 1.54) is 5.69 Å². The molecule has 5 heteroatoms. The minimum atomic E-state index is 0.106. The molecule has 19 heavy (non-hydrogen) atoms. The van der Waals surface area contributed by atoms with Crippen LogP contribution in [0, 0.1) is 0 Å². The van der Waals surface area contributed by atoms with Crippen LogP contribution in [0.4, 0.5) is 0 Å². The fourth-order valence-corrected chi connectivity index (χ4v) is 2.53. The van der Waals surface area contributed by atoms with E-state index in [0.717, 1.165) is 35.7 Å². The van der Waals surface area contributed by atoms with Crippen LogP contribution in [0.2, 0.25) is 0 Å². The minimum absolute atomic E-state index is 0.106. The van der Waals surface area contributed by atoms with Gasteiger partial charge in [-0.15, -0.1) is 0 Å². The Balaban J connectivity index is 2.00. The van der Waals surface area contributed by atoms with Crippen molar-refractivity contribution in [2.24, 2.45) is 0 Å². The third-order valence-electron chi connectivity index (χ3n) is 3.49. The van der Waals surface area contributed by atoms with E-state index < -0.39 is 0 Å². The molecule has 0 saturated heterocycles. The van der Waals surface area contributed by atoms with Crippen LogP contribution in [0.5, 0.6) is 11.5 Å². The third kappa shape index (κ3) is 2.06. The number of aromatic nitrogens is 2. The molecular formula is C14H17N3O2. The molecule has 0 spiro atoms. The predicted octanol–water partition coefficient (Wildman–Crippen LogP) is 1.66. The molecule has 3 rings (SSSR count). The van der Waals surface area contributed by atoms with Gasteiger partial charge in [0.1, 0.15) is 0 Å². The van der Waals surface area contributed by atoms with Crippen LogP contribution in [-0.2, 0) is 6.42 Å². The Bertz CT molecular complexity index is 580. The number of imidazole rings is 1. The van der Waals surface area contributed by atoms with Crippen molar-refractivity contribution >= 4 is 0 Å². The van der Waals surface area contributed by atoms with E-state index in [0.29, 0.717) is 0 Å². The molecular weight excluding hydrogens is 242 g/mol. The summed E-state index contributed by atoms with van der Waals surface area (Å²) < 4.78 is 10.6. The molecule has 0 fully saturated rings. The van der Waals surface area contributed by atoms with E-state index in [9.17, 15) is 0 Å². The molecule has 1 unspecified atom stereocenters. The van der Waals surface area contributed by atoms with Gasteiger partial charge in [0.05, 0.1) is 32.3 Å². The lowest BCUT2D eigenvalue weighted by Gasteiger charge is -2.24. The fraction of sp³-hybridized carbons (Fsp3) is 0.357. The van der Waals surface area contributed by atoms with Crippen LogP contribution >= 0.6 is 0 Å². The van der Waals surface area contributed by atoms with Crippen LogP contribution in [0.15, 0.2) is 24.5 Å². The lowest BCUT2D eigenvalue weighted by molar-refractivity contribution is 0.354. The SMILES string of the molecule is COc1ccc(C2NCCc3[nH]cnc32)cc1OC. The monoisotopic (exact) mass is 259 g/mol. The average Bonchev–Trinajstić information content (AvgIpc) is 2.94. The molecule has 1 aliphatic heterocycles. The van der Waals surface area contributed by atoms with Crippen molar-refractivity contribution in [3.8, 4) is 11.5 Å². The maximum absolute atomic E-state index is 5.36. The van der Waals surface area contributed by atoms with Crippen molar-refractivity contribution in [3.63, 3.8) is 0 Å². The second-order valence-corrected chi connectivity index (χ2v) is 4.52. The highest BCUT2D eigenvalue weighted by molar-refractivity contribution is 5.46. The maximum Gasteiger partial charge on any atom is 0.161 e. The molecule has 1 atom stereocenters. The van der Waals surface area contributed by atoms with E-state index in [4.69, 9.17) is 9.47 Å². The zero-order chi connectivity index (χ0) is 13.2. The summed E-state index contributed by atoms with van der Waals surface area (Å²) in [7, 11) is 3.29. The highest BCUT2D eigenvalue weighted by Crippen LogP contribution is 2.33. The molecule has 2 N–H and O–H groups in total. The number of nitrogens with one attached hydrogen (secondary N) is 2. The second-order valence-electron chi connectivity index (χ2n) is 4.52. The van der Waals surface area contributed by atoms with Crippen molar-refractivity contribution in [1.82, 2.24) is 15.3 Å². The number of aromatic amines is 1. The molecule has 0 bridgehead atoms. The number of fused-ring (bicyclic) bond motifs is 1. The van der Waals surface area contributed by atoms with Gasteiger partial charge in [0.2, 0.25) is 0 Å². The number of methoxy groups -OCH3 is 2. The van der Waals surface area contributed by atoms with Gasteiger partial charge in [0, 0.05) is 18.7 Å². The van der Waals surface area contributed by atoms with Crippen molar-refractivity contribution < 1.29 is 9.47 Å². The summed E-state index contributed by atoms with van der Waals surface area (Å²) in [5.41, 5.74) is 3.41. The topological polar surface area (TPSA) is 59.2 Å². The number of rotatable bonds is 3.